The number of benzene rings is 1. The highest BCUT2D eigenvalue weighted by atomic mass is 127. The molecule has 6 nitrogen and oxygen atoms in total. The second-order valence-electron chi connectivity index (χ2n) is 5.09. The molecule has 2 aromatic rings. The van der Waals surface area contributed by atoms with Crippen molar-refractivity contribution in [3.8, 4) is 0 Å². The van der Waals surface area contributed by atoms with E-state index in [1.54, 1.807) is 18.5 Å². The molecule has 24 heavy (non-hydrogen) atoms. The Labute approximate surface area is 153 Å². The summed E-state index contributed by atoms with van der Waals surface area (Å²) in [6.07, 6.45) is 4.95. The number of amides is 2. The van der Waals surface area contributed by atoms with Crippen LogP contribution in [-0.4, -0.2) is 23.0 Å². The van der Waals surface area contributed by atoms with Crippen LogP contribution in [0.1, 0.15) is 24.0 Å². The summed E-state index contributed by atoms with van der Waals surface area (Å²) in [7, 11) is 0. The number of nitrogens with one attached hydrogen (secondary N) is 2. The van der Waals surface area contributed by atoms with Crippen molar-refractivity contribution in [1.82, 2.24) is 10.4 Å². The SMILES string of the molecule is Cc1cc(I)ccc1NC(=O)CCC(=O)N/N=C\c1cccnc1. The molecule has 1 heterocycles. The minimum absolute atomic E-state index is 0.0691. The van der Waals surface area contributed by atoms with Crippen LogP contribution < -0.4 is 10.7 Å². The van der Waals surface area contributed by atoms with E-state index in [1.165, 1.54) is 6.21 Å². The van der Waals surface area contributed by atoms with Gasteiger partial charge in [0, 0.05) is 40.1 Å². The van der Waals surface area contributed by atoms with Gasteiger partial charge in [-0.1, -0.05) is 6.07 Å². The Balaban J connectivity index is 1.75. The number of rotatable bonds is 6. The third kappa shape index (κ3) is 6.07. The number of pyridine rings is 1. The number of nitrogens with zero attached hydrogens (tertiary/aromatic N) is 2. The van der Waals surface area contributed by atoms with Gasteiger partial charge >= 0.3 is 0 Å². The molecule has 2 amide bonds. The predicted molar refractivity (Wildman–Crippen MR) is 102 cm³/mol. The van der Waals surface area contributed by atoms with Crippen molar-refractivity contribution in [1.29, 1.82) is 0 Å². The summed E-state index contributed by atoms with van der Waals surface area (Å²) >= 11 is 2.22. The second-order valence-corrected chi connectivity index (χ2v) is 6.33. The van der Waals surface area contributed by atoms with Crippen molar-refractivity contribution in [3.63, 3.8) is 0 Å². The molecule has 0 saturated heterocycles. The molecular weight excluding hydrogens is 419 g/mol. The van der Waals surface area contributed by atoms with E-state index in [9.17, 15) is 9.59 Å². The van der Waals surface area contributed by atoms with Crippen LogP contribution in [0.15, 0.2) is 47.8 Å². The van der Waals surface area contributed by atoms with E-state index < -0.39 is 0 Å². The number of carbonyl (C=O) groups excluding carboxylic acids is 2. The maximum atomic E-state index is 11.9. The monoisotopic (exact) mass is 436 g/mol. The Morgan fingerprint density at radius 2 is 2.04 bits per heavy atom. The fraction of sp³-hybridized carbons (Fsp3) is 0.176. The molecular formula is C17H17IN4O2. The molecule has 0 fully saturated rings. The van der Waals surface area contributed by atoms with E-state index in [0.29, 0.717) is 0 Å². The molecule has 0 aliphatic rings. The fourth-order valence-electron chi connectivity index (χ4n) is 1.89. The lowest BCUT2D eigenvalue weighted by molar-refractivity contribution is -0.124. The Morgan fingerprint density at radius 3 is 2.75 bits per heavy atom. The lowest BCUT2D eigenvalue weighted by atomic mass is 10.2. The molecule has 0 saturated carbocycles. The molecule has 1 aromatic carbocycles. The van der Waals surface area contributed by atoms with E-state index in [1.807, 2.05) is 31.2 Å². The number of carbonyl (C=O) groups is 2. The van der Waals surface area contributed by atoms with Gasteiger partial charge in [0.15, 0.2) is 0 Å². The van der Waals surface area contributed by atoms with Crippen molar-refractivity contribution >= 4 is 46.3 Å². The minimum atomic E-state index is -0.315. The first-order chi connectivity index (χ1) is 11.5. The van der Waals surface area contributed by atoms with Gasteiger partial charge in [-0.15, -0.1) is 0 Å². The molecule has 0 aliphatic carbocycles. The summed E-state index contributed by atoms with van der Waals surface area (Å²) in [5.41, 5.74) is 4.92. The van der Waals surface area contributed by atoms with Gasteiger partial charge in [0.1, 0.15) is 0 Å². The number of hydrazone groups is 1. The summed E-state index contributed by atoms with van der Waals surface area (Å²) in [6, 6.07) is 9.35. The summed E-state index contributed by atoms with van der Waals surface area (Å²) in [5.74, 6) is -0.518. The quantitative estimate of drug-likeness (QED) is 0.415. The molecule has 0 atom stereocenters. The summed E-state index contributed by atoms with van der Waals surface area (Å²) in [6.45, 7) is 1.93. The Kier molecular flexibility index (Phi) is 6.86. The summed E-state index contributed by atoms with van der Waals surface area (Å²) < 4.78 is 1.11. The van der Waals surface area contributed by atoms with Crippen LogP contribution in [0.5, 0.6) is 0 Å². The van der Waals surface area contributed by atoms with Crippen LogP contribution in [0.3, 0.4) is 0 Å². The van der Waals surface area contributed by atoms with Gasteiger partial charge in [0.25, 0.3) is 0 Å². The van der Waals surface area contributed by atoms with Crippen molar-refractivity contribution in [2.24, 2.45) is 5.10 Å². The lowest BCUT2D eigenvalue weighted by Crippen LogP contribution is -2.20. The third-order valence-corrected chi connectivity index (χ3v) is 3.80. The number of hydrogen-bond acceptors (Lipinski definition) is 4. The van der Waals surface area contributed by atoms with Crippen molar-refractivity contribution in [2.45, 2.75) is 19.8 Å². The van der Waals surface area contributed by atoms with E-state index in [-0.39, 0.29) is 24.7 Å². The maximum Gasteiger partial charge on any atom is 0.240 e. The predicted octanol–water partition coefficient (Wildman–Crippen LogP) is 2.86. The first-order valence-electron chi connectivity index (χ1n) is 7.32. The maximum absolute atomic E-state index is 11.9. The highest BCUT2D eigenvalue weighted by Gasteiger charge is 2.08. The second kappa shape index (κ2) is 9.11. The minimum Gasteiger partial charge on any atom is -0.326 e. The smallest absolute Gasteiger partial charge is 0.240 e. The molecule has 1 aromatic heterocycles. The highest BCUT2D eigenvalue weighted by molar-refractivity contribution is 14.1. The van der Waals surface area contributed by atoms with Gasteiger partial charge in [0.2, 0.25) is 11.8 Å². The number of halogens is 1. The molecule has 0 radical (unpaired) electrons. The van der Waals surface area contributed by atoms with Crippen molar-refractivity contribution < 1.29 is 9.59 Å². The van der Waals surface area contributed by atoms with Gasteiger partial charge < -0.3 is 5.32 Å². The molecule has 0 spiro atoms. The van der Waals surface area contributed by atoms with E-state index in [4.69, 9.17) is 0 Å². The zero-order valence-corrected chi connectivity index (χ0v) is 15.3. The number of aromatic nitrogens is 1. The van der Waals surface area contributed by atoms with Gasteiger partial charge in [0.05, 0.1) is 6.21 Å². The summed E-state index contributed by atoms with van der Waals surface area (Å²) in [5, 5.41) is 6.64. The largest absolute Gasteiger partial charge is 0.326 e. The first-order valence-corrected chi connectivity index (χ1v) is 8.40. The van der Waals surface area contributed by atoms with Crippen LogP contribution in [0.2, 0.25) is 0 Å². The molecule has 124 valence electrons. The lowest BCUT2D eigenvalue weighted by Gasteiger charge is -2.08. The molecule has 0 bridgehead atoms. The Hall–Kier alpha value is -2.29. The van der Waals surface area contributed by atoms with Crippen LogP contribution in [0.25, 0.3) is 0 Å². The van der Waals surface area contributed by atoms with E-state index in [0.717, 1.165) is 20.4 Å². The van der Waals surface area contributed by atoms with Gasteiger partial charge in [-0.3, -0.25) is 14.6 Å². The van der Waals surface area contributed by atoms with Crippen LogP contribution in [-0.2, 0) is 9.59 Å². The standard InChI is InChI=1S/C17H17IN4O2/c1-12-9-14(18)4-5-15(12)21-16(23)6-7-17(24)22-20-11-13-3-2-8-19-10-13/h2-5,8-11H,6-7H2,1H3,(H,21,23)(H,22,24)/b20-11-. The van der Waals surface area contributed by atoms with E-state index >= 15 is 0 Å². The Bertz CT molecular complexity index is 748. The molecule has 0 unspecified atom stereocenters. The molecule has 2 N–H and O–H groups in total. The highest BCUT2D eigenvalue weighted by Crippen LogP contribution is 2.17. The topological polar surface area (TPSA) is 83.5 Å². The van der Waals surface area contributed by atoms with Gasteiger partial charge in [-0.05, 0) is 59.3 Å². The molecule has 0 aliphatic heterocycles. The zero-order valence-electron chi connectivity index (χ0n) is 13.1. The fourth-order valence-corrected chi connectivity index (χ4v) is 2.54. The average molecular weight is 436 g/mol. The number of aryl methyl sites for hydroxylation is 1. The van der Waals surface area contributed by atoms with Crippen molar-refractivity contribution in [2.75, 3.05) is 5.32 Å². The normalized spacial score (nSPS) is 10.6. The van der Waals surface area contributed by atoms with Gasteiger partial charge in [-0.2, -0.15) is 5.10 Å². The average Bonchev–Trinajstić information content (AvgIpc) is 2.56. The Morgan fingerprint density at radius 1 is 1.25 bits per heavy atom. The first kappa shape index (κ1) is 18.1. The number of anilines is 1. The van der Waals surface area contributed by atoms with Crippen LogP contribution in [0.4, 0.5) is 5.69 Å². The molecule has 2 rings (SSSR count). The van der Waals surface area contributed by atoms with E-state index in [2.05, 4.69) is 43.4 Å². The van der Waals surface area contributed by atoms with Crippen LogP contribution >= 0.6 is 22.6 Å². The number of hydrogen-bond donors (Lipinski definition) is 2. The summed E-state index contributed by atoms with van der Waals surface area (Å²) in [4.78, 5) is 27.5. The van der Waals surface area contributed by atoms with Crippen LogP contribution in [0, 0.1) is 10.5 Å². The van der Waals surface area contributed by atoms with Gasteiger partial charge in [-0.25, -0.2) is 5.43 Å². The zero-order chi connectivity index (χ0) is 17.4. The molecule has 7 heteroatoms. The third-order valence-electron chi connectivity index (χ3n) is 3.13. The van der Waals surface area contributed by atoms with Crippen molar-refractivity contribution in [3.05, 3.63) is 57.4 Å².